The molecular formula is C23H31N2O6P. The van der Waals surface area contributed by atoms with Crippen molar-refractivity contribution in [3.05, 3.63) is 66.0 Å². The number of aryl methyl sites for hydroxylation is 1. The van der Waals surface area contributed by atoms with Gasteiger partial charge < -0.3 is 19.7 Å². The van der Waals surface area contributed by atoms with Crippen LogP contribution < -0.4 is 5.32 Å². The fourth-order valence-electron chi connectivity index (χ4n) is 3.38. The molecule has 0 aliphatic heterocycles. The summed E-state index contributed by atoms with van der Waals surface area (Å²) in [5, 5.41) is 2.49. The number of methoxy groups -OCH3 is 1. The summed E-state index contributed by atoms with van der Waals surface area (Å²) in [4.78, 5) is 39.1. The average Bonchev–Trinajstić information content (AvgIpc) is 2.81. The fraction of sp³-hybridized carbons (Fsp3) is 0.435. The largest absolute Gasteiger partial charge is 0.469 e. The minimum atomic E-state index is -3.91. The molecule has 0 aliphatic carbocycles. The number of carbonyl (C=O) groups excluding carboxylic acids is 2. The van der Waals surface area contributed by atoms with Gasteiger partial charge in [-0.15, -0.1) is 0 Å². The van der Waals surface area contributed by atoms with Crippen molar-refractivity contribution in [1.82, 2.24) is 10.3 Å². The zero-order valence-electron chi connectivity index (χ0n) is 18.5. The van der Waals surface area contributed by atoms with E-state index in [1.807, 2.05) is 42.5 Å². The van der Waals surface area contributed by atoms with Crippen LogP contribution in [-0.2, 0) is 31.9 Å². The zero-order chi connectivity index (χ0) is 23.4. The van der Waals surface area contributed by atoms with E-state index in [1.165, 1.54) is 7.11 Å². The molecule has 0 radical (unpaired) electrons. The van der Waals surface area contributed by atoms with Crippen LogP contribution in [0.5, 0.6) is 0 Å². The first-order valence-corrected chi connectivity index (χ1v) is 12.5. The van der Waals surface area contributed by atoms with Crippen molar-refractivity contribution < 1.29 is 28.5 Å². The molecule has 0 saturated heterocycles. The lowest BCUT2D eigenvalue weighted by atomic mass is 10.0. The highest BCUT2D eigenvalue weighted by Crippen LogP contribution is 2.49. The molecule has 3 unspecified atom stereocenters. The average molecular weight is 462 g/mol. The molecule has 1 aromatic heterocycles. The molecule has 2 rings (SSSR count). The number of aromatic nitrogens is 1. The van der Waals surface area contributed by atoms with Gasteiger partial charge in [0.2, 0.25) is 7.37 Å². The zero-order valence-corrected chi connectivity index (χ0v) is 19.4. The van der Waals surface area contributed by atoms with E-state index in [2.05, 4.69) is 10.3 Å². The molecule has 8 nitrogen and oxygen atoms in total. The molecule has 0 fully saturated rings. The highest BCUT2D eigenvalue weighted by molar-refractivity contribution is 7.58. The molecule has 1 aromatic carbocycles. The second kappa shape index (κ2) is 13.0. The Bertz CT molecular complexity index is 894. The summed E-state index contributed by atoms with van der Waals surface area (Å²) in [5.74, 6) is -2.29. The smallest absolute Gasteiger partial charge is 0.408 e. The molecule has 9 heteroatoms. The highest BCUT2D eigenvalue weighted by Gasteiger charge is 2.36. The van der Waals surface area contributed by atoms with E-state index in [0.29, 0.717) is 19.3 Å². The van der Waals surface area contributed by atoms with Gasteiger partial charge in [-0.05, 0) is 48.9 Å². The molecular weight excluding hydrogens is 431 g/mol. The van der Waals surface area contributed by atoms with Crippen molar-refractivity contribution in [2.75, 3.05) is 13.3 Å². The topological polar surface area (TPSA) is 115 Å². The maximum absolute atomic E-state index is 13.1. The molecule has 0 bridgehead atoms. The van der Waals surface area contributed by atoms with Crippen molar-refractivity contribution in [2.45, 2.75) is 45.0 Å². The van der Waals surface area contributed by atoms with Gasteiger partial charge in [0.15, 0.2) is 0 Å². The van der Waals surface area contributed by atoms with Gasteiger partial charge in [-0.1, -0.05) is 37.3 Å². The Morgan fingerprint density at radius 3 is 2.44 bits per heavy atom. The first-order chi connectivity index (χ1) is 15.4. The molecule has 1 heterocycles. The van der Waals surface area contributed by atoms with Crippen LogP contribution >= 0.6 is 7.37 Å². The number of esters is 1. The minimum absolute atomic E-state index is 0.0542. The minimum Gasteiger partial charge on any atom is -0.469 e. The number of benzene rings is 1. The molecule has 174 valence electrons. The number of rotatable bonds is 12. The number of nitrogens with zero attached hydrogens (tertiary/aromatic N) is 1. The summed E-state index contributed by atoms with van der Waals surface area (Å²) >= 11 is 0. The van der Waals surface area contributed by atoms with Gasteiger partial charge in [0.1, 0.15) is 12.4 Å². The number of nitrogens with one attached hydrogen (secondary N) is 1. The van der Waals surface area contributed by atoms with Crippen LogP contribution in [0.2, 0.25) is 0 Å². The lowest BCUT2D eigenvalue weighted by Crippen LogP contribution is -2.36. The van der Waals surface area contributed by atoms with Crippen LogP contribution in [0.25, 0.3) is 0 Å². The molecule has 0 saturated carbocycles. The first kappa shape index (κ1) is 25.6. The van der Waals surface area contributed by atoms with E-state index in [-0.39, 0.29) is 19.2 Å². The Morgan fingerprint density at radius 2 is 1.81 bits per heavy atom. The van der Waals surface area contributed by atoms with E-state index in [0.717, 1.165) is 11.1 Å². The van der Waals surface area contributed by atoms with E-state index < -0.39 is 31.1 Å². The van der Waals surface area contributed by atoms with Crippen LogP contribution in [0.15, 0.2) is 54.9 Å². The number of carbonyl (C=O) groups is 2. The van der Waals surface area contributed by atoms with Crippen LogP contribution in [0.4, 0.5) is 4.79 Å². The third-order valence-electron chi connectivity index (χ3n) is 5.15. The van der Waals surface area contributed by atoms with Gasteiger partial charge in [0, 0.05) is 18.6 Å². The van der Waals surface area contributed by atoms with Crippen molar-refractivity contribution in [3.8, 4) is 0 Å². The normalized spacial score (nSPS) is 14.6. The van der Waals surface area contributed by atoms with Crippen molar-refractivity contribution in [2.24, 2.45) is 5.92 Å². The number of ether oxygens (including phenoxy) is 2. The van der Waals surface area contributed by atoms with Crippen molar-refractivity contribution >= 4 is 19.4 Å². The summed E-state index contributed by atoms with van der Waals surface area (Å²) in [6, 6.07) is 12.9. The van der Waals surface area contributed by atoms with Crippen molar-refractivity contribution in [3.63, 3.8) is 0 Å². The Hall–Kier alpha value is -2.70. The van der Waals surface area contributed by atoms with E-state index in [9.17, 15) is 19.0 Å². The summed E-state index contributed by atoms with van der Waals surface area (Å²) in [6.45, 7) is 1.75. The van der Waals surface area contributed by atoms with Crippen LogP contribution in [0, 0.1) is 5.92 Å². The third kappa shape index (κ3) is 8.44. The van der Waals surface area contributed by atoms with E-state index in [1.54, 1.807) is 19.3 Å². The van der Waals surface area contributed by atoms with Gasteiger partial charge in [-0.3, -0.25) is 14.3 Å². The van der Waals surface area contributed by atoms with E-state index >= 15 is 0 Å². The van der Waals surface area contributed by atoms with Gasteiger partial charge in [0.05, 0.1) is 13.0 Å². The fourth-order valence-corrected chi connectivity index (χ4v) is 5.48. The Balaban J connectivity index is 1.93. The summed E-state index contributed by atoms with van der Waals surface area (Å²) < 4.78 is 23.1. The Labute approximate surface area is 188 Å². The molecule has 0 spiro atoms. The molecule has 2 aromatic rings. The second-order valence-corrected chi connectivity index (χ2v) is 10.0. The van der Waals surface area contributed by atoms with Gasteiger partial charge in [-0.2, -0.15) is 0 Å². The molecule has 3 atom stereocenters. The molecule has 2 N–H and O–H groups in total. The molecule has 1 amide bonds. The number of pyridine rings is 1. The first-order valence-electron chi connectivity index (χ1n) is 10.6. The number of amides is 1. The maximum atomic E-state index is 13.1. The Kier molecular flexibility index (Phi) is 10.4. The predicted octanol–water partition coefficient (Wildman–Crippen LogP) is 4.13. The summed E-state index contributed by atoms with van der Waals surface area (Å²) in [7, 11) is -2.65. The predicted molar refractivity (Wildman–Crippen MR) is 121 cm³/mol. The van der Waals surface area contributed by atoms with Crippen LogP contribution in [0.3, 0.4) is 0 Å². The lowest BCUT2D eigenvalue weighted by Gasteiger charge is -2.25. The summed E-state index contributed by atoms with van der Waals surface area (Å²) in [6.07, 6.45) is 4.33. The van der Waals surface area contributed by atoms with Crippen LogP contribution in [0.1, 0.15) is 37.3 Å². The highest BCUT2D eigenvalue weighted by atomic mass is 31.2. The third-order valence-corrected chi connectivity index (χ3v) is 7.59. The van der Waals surface area contributed by atoms with Crippen molar-refractivity contribution in [1.29, 1.82) is 0 Å². The number of hydrogen-bond donors (Lipinski definition) is 2. The number of hydrogen-bond acceptors (Lipinski definition) is 6. The molecule has 0 aliphatic rings. The van der Waals surface area contributed by atoms with Crippen LogP contribution in [-0.4, -0.2) is 41.0 Å². The lowest BCUT2D eigenvalue weighted by molar-refractivity contribution is -0.145. The van der Waals surface area contributed by atoms with Gasteiger partial charge in [0.25, 0.3) is 0 Å². The summed E-state index contributed by atoms with van der Waals surface area (Å²) in [5.41, 5.74) is 1.88. The monoisotopic (exact) mass is 462 g/mol. The second-order valence-electron chi connectivity index (χ2n) is 7.54. The maximum Gasteiger partial charge on any atom is 0.408 e. The van der Waals surface area contributed by atoms with Gasteiger partial charge in [-0.25, -0.2) is 4.79 Å². The Morgan fingerprint density at radius 1 is 1.12 bits per heavy atom. The molecule has 32 heavy (non-hydrogen) atoms. The number of alkyl carbamates (subject to hydrolysis) is 1. The quantitative estimate of drug-likeness (QED) is 0.360. The van der Waals surface area contributed by atoms with Gasteiger partial charge >= 0.3 is 12.1 Å². The SMILES string of the molecule is CCC(NC(=O)OCc1ccccc1)P(=O)(O)CC(CCCc1ccncc1)C(=O)OC. The van der Waals surface area contributed by atoms with E-state index in [4.69, 9.17) is 9.47 Å². The standard InChI is InChI=1S/C23H31N2O6P/c1-3-21(25-23(27)31-16-19-8-5-4-6-9-19)32(28,29)17-20(22(26)30-2)11-7-10-18-12-14-24-15-13-18/h4-6,8-9,12-15,20-21H,3,7,10-11,16-17H2,1-2H3,(H,25,27)(H,28,29).